The maximum absolute atomic E-state index is 12.2. The fourth-order valence-corrected chi connectivity index (χ4v) is 1.29. The maximum atomic E-state index is 12.2. The number of halogens is 2. The number of rotatable bonds is 5. The van der Waals surface area contributed by atoms with Gasteiger partial charge < -0.3 is 10.2 Å². The highest BCUT2D eigenvalue weighted by molar-refractivity contribution is 5.28. The molecule has 0 aromatic carbocycles. The van der Waals surface area contributed by atoms with Crippen molar-refractivity contribution < 1.29 is 8.78 Å². The van der Waals surface area contributed by atoms with E-state index < -0.39 is 6.43 Å². The summed E-state index contributed by atoms with van der Waals surface area (Å²) in [5.74, 6) is 0.315. The molecule has 0 bridgehead atoms. The van der Waals surface area contributed by atoms with E-state index >= 15 is 0 Å². The fourth-order valence-electron chi connectivity index (χ4n) is 1.29. The molecular formula is C12H20F2N4. The minimum atomic E-state index is -2.39. The summed E-state index contributed by atoms with van der Waals surface area (Å²) in [6.45, 7) is 6.50. The maximum Gasteiger partial charge on any atom is 0.255 e. The number of hydrogen-bond acceptors (Lipinski definition) is 4. The van der Waals surface area contributed by atoms with E-state index in [1.807, 2.05) is 0 Å². The Bertz CT molecular complexity index is 359. The first kappa shape index (κ1) is 14.8. The second-order valence-corrected chi connectivity index (χ2v) is 5.27. The van der Waals surface area contributed by atoms with Crippen LogP contribution in [0.15, 0.2) is 12.4 Å². The van der Waals surface area contributed by atoms with Crippen LogP contribution in [0.2, 0.25) is 0 Å². The average molecular weight is 258 g/mol. The molecular weight excluding hydrogens is 238 g/mol. The predicted molar refractivity (Wildman–Crippen MR) is 67.9 cm³/mol. The fraction of sp³-hybridized carbons (Fsp3) is 0.667. The van der Waals surface area contributed by atoms with Gasteiger partial charge in [-0.05, 0) is 20.8 Å². The third-order valence-corrected chi connectivity index (χ3v) is 2.27. The minimum absolute atomic E-state index is 0.0190. The molecule has 4 nitrogen and oxygen atoms in total. The van der Waals surface area contributed by atoms with Gasteiger partial charge in [0.2, 0.25) is 5.95 Å². The summed E-state index contributed by atoms with van der Waals surface area (Å²) in [4.78, 5) is 9.49. The van der Waals surface area contributed by atoms with Crippen molar-refractivity contribution in [1.29, 1.82) is 0 Å². The van der Waals surface area contributed by atoms with Crippen molar-refractivity contribution in [1.82, 2.24) is 15.3 Å². The van der Waals surface area contributed by atoms with Crippen LogP contribution in [-0.2, 0) is 6.54 Å². The summed E-state index contributed by atoms with van der Waals surface area (Å²) in [6, 6.07) is 0. The molecule has 1 rings (SSSR count). The number of hydrogen-bond donors (Lipinski definition) is 1. The Labute approximate surface area is 106 Å². The summed E-state index contributed by atoms with van der Waals surface area (Å²) in [6.07, 6.45) is 0.923. The molecule has 102 valence electrons. The van der Waals surface area contributed by atoms with Crippen LogP contribution in [0.4, 0.5) is 14.7 Å². The van der Waals surface area contributed by atoms with Crippen molar-refractivity contribution in [3.05, 3.63) is 18.0 Å². The highest BCUT2D eigenvalue weighted by Gasteiger charge is 2.11. The Balaban J connectivity index is 2.57. The lowest BCUT2D eigenvalue weighted by atomic mass is 10.1. The van der Waals surface area contributed by atoms with Gasteiger partial charge in [-0.3, -0.25) is 0 Å². The molecule has 0 fully saturated rings. The highest BCUT2D eigenvalue weighted by Crippen LogP contribution is 2.08. The zero-order valence-electron chi connectivity index (χ0n) is 11.2. The molecule has 0 amide bonds. The van der Waals surface area contributed by atoms with Gasteiger partial charge >= 0.3 is 0 Å². The minimum Gasteiger partial charge on any atom is -0.338 e. The zero-order valence-corrected chi connectivity index (χ0v) is 11.2. The summed E-state index contributed by atoms with van der Waals surface area (Å²) in [5, 5.41) is 3.31. The lowest BCUT2D eigenvalue weighted by molar-refractivity contribution is 0.156. The van der Waals surface area contributed by atoms with E-state index in [0.29, 0.717) is 12.5 Å². The molecule has 0 saturated carbocycles. The monoisotopic (exact) mass is 258 g/mol. The molecule has 0 atom stereocenters. The third kappa shape index (κ3) is 5.35. The van der Waals surface area contributed by atoms with Crippen LogP contribution in [0.1, 0.15) is 26.3 Å². The lowest BCUT2D eigenvalue weighted by Gasteiger charge is -2.20. The molecule has 0 radical (unpaired) electrons. The normalized spacial score (nSPS) is 11.9. The summed E-state index contributed by atoms with van der Waals surface area (Å²) < 4.78 is 24.4. The van der Waals surface area contributed by atoms with E-state index in [4.69, 9.17) is 0 Å². The van der Waals surface area contributed by atoms with Gasteiger partial charge in [0.05, 0.1) is 6.54 Å². The van der Waals surface area contributed by atoms with Crippen LogP contribution in [0.25, 0.3) is 0 Å². The predicted octanol–water partition coefficient (Wildman–Crippen LogP) is 2.07. The van der Waals surface area contributed by atoms with Crippen LogP contribution >= 0.6 is 0 Å². The van der Waals surface area contributed by atoms with E-state index in [1.54, 1.807) is 19.4 Å². The molecule has 0 saturated heterocycles. The van der Waals surface area contributed by atoms with Gasteiger partial charge in [0, 0.05) is 37.1 Å². The van der Waals surface area contributed by atoms with Crippen molar-refractivity contribution in [3.63, 3.8) is 0 Å². The van der Waals surface area contributed by atoms with Gasteiger partial charge in [-0.15, -0.1) is 0 Å². The molecule has 0 aliphatic rings. The van der Waals surface area contributed by atoms with E-state index in [-0.39, 0.29) is 12.1 Å². The largest absolute Gasteiger partial charge is 0.338 e. The van der Waals surface area contributed by atoms with Gasteiger partial charge in [-0.1, -0.05) is 0 Å². The van der Waals surface area contributed by atoms with E-state index in [2.05, 4.69) is 36.1 Å². The first-order valence-corrected chi connectivity index (χ1v) is 5.83. The van der Waals surface area contributed by atoms with Gasteiger partial charge in [0.15, 0.2) is 0 Å². The molecule has 1 aromatic heterocycles. The molecule has 0 aliphatic heterocycles. The quantitative estimate of drug-likeness (QED) is 0.877. The Morgan fingerprint density at radius 1 is 1.28 bits per heavy atom. The molecule has 1 N–H and O–H groups in total. The number of nitrogens with zero attached hydrogens (tertiary/aromatic N) is 3. The van der Waals surface area contributed by atoms with Gasteiger partial charge in [0.25, 0.3) is 6.43 Å². The number of nitrogens with one attached hydrogen (secondary N) is 1. The smallest absolute Gasteiger partial charge is 0.255 e. The lowest BCUT2D eigenvalue weighted by Crippen LogP contribution is -2.35. The summed E-state index contributed by atoms with van der Waals surface area (Å²) in [5.41, 5.74) is 0.949. The van der Waals surface area contributed by atoms with E-state index in [1.165, 1.54) is 4.90 Å². The Hall–Kier alpha value is -1.30. The van der Waals surface area contributed by atoms with Crippen molar-refractivity contribution in [2.24, 2.45) is 0 Å². The van der Waals surface area contributed by atoms with Gasteiger partial charge in [-0.2, -0.15) is 0 Å². The van der Waals surface area contributed by atoms with E-state index in [9.17, 15) is 8.78 Å². The number of anilines is 1. The van der Waals surface area contributed by atoms with Crippen molar-refractivity contribution in [2.75, 3.05) is 18.5 Å². The zero-order chi connectivity index (χ0) is 13.8. The second-order valence-electron chi connectivity index (χ2n) is 5.27. The summed E-state index contributed by atoms with van der Waals surface area (Å²) >= 11 is 0. The van der Waals surface area contributed by atoms with Crippen LogP contribution in [-0.4, -0.2) is 35.5 Å². The molecule has 0 aliphatic carbocycles. The molecule has 18 heavy (non-hydrogen) atoms. The van der Waals surface area contributed by atoms with Crippen molar-refractivity contribution in [3.8, 4) is 0 Å². The first-order chi connectivity index (χ1) is 8.28. The van der Waals surface area contributed by atoms with Gasteiger partial charge in [0.1, 0.15) is 0 Å². The Morgan fingerprint density at radius 3 is 2.28 bits per heavy atom. The van der Waals surface area contributed by atoms with Crippen LogP contribution in [0.3, 0.4) is 0 Å². The SMILES string of the molecule is CN(CC(F)F)c1ncc(CNC(C)(C)C)cn1. The topological polar surface area (TPSA) is 41.1 Å². The third-order valence-electron chi connectivity index (χ3n) is 2.27. The van der Waals surface area contributed by atoms with Crippen molar-refractivity contribution >= 4 is 5.95 Å². The summed E-state index contributed by atoms with van der Waals surface area (Å²) in [7, 11) is 1.55. The number of aromatic nitrogens is 2. The molecule has 1 aromatic rings. The highest BCUT2D eigenvalue weighted by atomic mass is 19.3. The molecule has 0 unspecified atom stereocenters. The molecule has 1 heterocycles. The first-order valence-electron chi connectivity index (χ1n) is 5.83. The van der Waals surface area contributed by atoms with Crippen molar-refractivity contribution in [2.45, 2.75) is 39.3 Å². The molecule has 6 heteroatoms. The van der Waals surface area contributed by atoms with Crippen LogP contribution < -0.4 is 10.2 Å². The van der Waals surface area contributed by atoms with Crippen LogP contribution in [0.5, 0.6) is 0 Å². The number of alkyl halides is 2. The standard InChI is InChI=1S/C12H20F2N4/c1-12(2,3)17-7-9-5-15-11(16-6-9)18(4)8-10(13)14/h5-6,10,17H,7-8H2,1-4H3. The second kappa shape index (κ2) is 6.04. The van der Waals surface area contributed by atoms with E-state index in [0.717, 1.165) is 5.56 Å². The van der Waals surface area contributed by atoms with Crippen LogP contribution in [0, 0.1) is 0 Å². The molecule has 0 spiro atoms. The van der Waals surface area contributed by atoms with Gasteiger partial charge in [-0.25, -0.2) is 18.7 Å². The Kier molecular flexibility index (Phi) is 4.95. The average Bonchev–Trinajstić information content (AvgIpc) is 2.25. The Morgan fingerprint density at radius 2 is 1.83 bits per heavy atom.